The highest BCUT2D eigenvalue weighted by Gasteiger charge is 2.11. The van der Waals surface area contributed by atoms with Gasteiger partial charge in [-0.15, -0.1) is 0 Å². The van der Waals surface area contributed by atoms with Crippen LogP contribution >= 0.6 is 0 Å². The first-order chi connectivity index (χ1) is 11.4. The molecule has 0 aliphatic carbocycles. The number of nitrogens with zero attached hydrogens (tertiary/aromatic N) is 1. The molecule has 24 heavy (non-hydrogen) atoms. The quantitative estimate of drug-likeness (QED) is 0.339. The number of rotatable bonds is 16. The number of ether oxygens (including phenoxy) is 1. The average molecular weight is 345 g/mol. The number of unbranched alkanes of at least 4 members (excludes halogenated alkanes) is 13. The molecule has 4 heteroatoms. The summed E-state index contributed by atoms with van der Waals surface area (Å²) in [6, 6.07) is 0. The zero-order valence-corrected chi connectivity index (χ0v) is 16.3. The topological polar surface area (TPSA) is 59.1 Å². The molecule has 0 aromatic carbocycles. The Labute approximate surface area is 151 Å². The van der Waals surface area contributed by atoms with Crippen LogP contribution in [0.2, 0.25) is 0 Å². The fourth-order valence-electron chi connectivity index (χ4n) is 3.37. The summed E-state index contributed by atoms with van der Waals surface area (Å²) in [5.41, 5.74) is 2.41. The van der Waals surface area contributed by atoms with Crippen LogP contribution in [-0.2, 0) is 4.74 Å². The predicted octanol–water partition coefficient (Wildman–Crippen LogP) is 4.10. The minimum atomic E-state index is 0. The van der Waals surface area contributed by atoms with Crippen LogP contribution in [0.25, 0.3) is 0 Å². The summed E-state index contributed by atoms with van der Waals surface area (Å²) in [7, 11) is 0. The highest BCUT2D eigenvalue weighted by atomic mass is 16.5. The summed E-state index contributed by atoms with van der Waals surface area (Å²) < 4.78 is 5.37. The monoisotopic (exact) mass is 344 g/mol. The van der Waals surface area contributed by atoms with Gasteiger partial charge in [-0.2, -0.15) is 5.01 Å². The van der Waals surface area contributed by atoms with E-state index in [0.29, 0.717) is 0 Å². The van der Waals surface area contributed by atoms with Crippen molar-refractivity contribution in [2.24, 2.45) is 0 Å². The minimum absolute atomic E-state index is 0. The number of hydrogen-bond donors (Lipinski definition) is 1. The van der Waals surface area contributed by atoms with Crippen LogP contribution in [0.5, 0.6) is 0 Å². The molecule has 0 radical (unpaired) electrons. The highest BCUT2D eigenvalue weighted by molar-refractivity contribution is 4.50. The maximum Gasteiger partial charge on any atom is 0.0931 e. The Bertz CT molecular complexity index is 234. The number of hydrogen-bond acceptors (Lipinski definition) is 3. The van der Waals surface area contributed by atoms with Crippen LogP contribution in [0.1, 0.15) is 96.8 Å². The summed E-state index contributed by atoms with van der Waals surface area (Å²) >= 11 is 0. The van der Waals surface area contributed by atoms with Crippen LogP contribution in [0.4, 0.5) is 0 Å². The first-order valence-electron chi connectivity index (χ1n) is 10.6. The molecule has 0 aromatic heterocycles. The second-order valence-electron chi connectivity index (χ2n) is 7.22. The van der Waals surface area contributed by atoms with Crippen molar-refractivity contribution in [2.75, 3.05) is 32.8 Å². The molecule has 3 N–H and O–H groups in total. The molecule has 1 fully saturated rings. The Morgan fingerprint density at radius 2 is 1.08 bits per heavy atom. The van der Waals surface area contributed by atoms with E-state index in [2.05, 4.69) is 17.4 Å². The normalized spacial score (nSPS) is 15.4. The molecule has 0 atom stereocenters. The van der Waals surface area contributed by atoms with E-state index in [1.165, 1.54) is 96.4 Å². The zero-order chi connectivity index (χ0) is 16.4. The second kappa shape index (κ2) is 19.2. The minimum Gasteiger partial charge on any atom is -0.870 e. The third-order valence-corrected chi connectivity index (χ3v) is 4.99. The van der Waals surface area contributed by atoms with Gasteiger partial charge in [-0.1, -0.05) is 84.0 Å². The Balaban J connectivity index is 0.00000529. The molecule has 0 amide bonds. The summed E-state index contributed by atoms with van der Waals surface area (Å²) in [5.74, 6) is 0. The van der Waals surface area contributed by atoms with Gasteiger partial charge in [0.1, 0.15) is 0 Å². The summed E-state index contributed by atoms with van der Waals surface area (Å²) in [4.78, 5) is 0. The Hall–Kier alpha value is -0.160. The van der Waals surface area contributed by atoms with Gasteiger partial charge in [0, 0.05) is 0 Å². The Kier molecular flexibility index (Phi) is 19.0. The van der Waals surface area contributed by atoms with E-state index in [1.807, 2.05) is 0 Å². The lowest BCUT2D eigenvalue weighted by Crippen LogP contribution is -2.95. The van der Waals surface area contributed by atoms with Gasteiger partial charge in [-0.05, 0) is 12.8 Å². The number of nitrogens with two attached hydrogens (primary N) is 1. The largest absolute Gasteiger partial charge is 0.870 e. The summed E-state index contributed by atoms with van der Waals surface area (Å²) in [5, 5.41) is 2.44. The van der Waals surface area contributed by atoms with Gasteiger partial charge >= 0.3 is 0 Å². The molecular weight excluding hydrogens is 300 g/mol. The molecule has 0 saturated carbocycles. The third kappa shape index (κ3) is 15.4. The van der Waals surface area contributed by atoms with Crippen molar-refractivity contribution in [3.05, 3.63) is 0 Å². The van der Waals surface area contributed by atoms with Crippen molar-refractivity contribution in [3.63, 3.8) is 0 Å². The molecule has 1 heterocycles. The van der Waals surface area contributed by atoms with Crippen molar-refractivity contribution in [2.45, 2.75) is 96.8 Å². The van der Waals surface area contributed by atoms with E-state index in [0.717, 1.165) is 26.3 Å². The molecule has 4 nitrogen and oxygen atoms in total. The SMILES string of the molecule is CCCCCCCCCCCCCCCC[NH2+]N1CCOCC1.[OH-]. The van der Waals surface area contributed by atoms with E-state index in [-0.39, 0.29) is 5.48 Å². The summed E-state index contributed by atoms with van der Waals surface area (Å²) in [6.45, 7) is 7.57. The predicted molar refractivity (Wildman–Crippen MR) is 101 cm³/mol. The van der Waals surface area contributed by atoms with Crippen molar-refractivity contribution in [1.82, 2.24) is 5.01 Å². The van der Waals surface area contributed by atoms with E-state index in [1.54, 1.807) is 0 Å². The van der Waals surface area contributed by atoms with E-state index >= 15 is 0 Å². The van der Waals surface area contributed by atoms with Crippen LogP contribution in [0, 0.1) is 0 Å². The molecule has 1 aliphatic rings. The molecule has 1 saturated heterocycles. The van der Waals surface area contributed by atoms with Gasteiger partial charge in [0.15, 0.2) is 0 Å². The van der Waals surface area contributed by atoms with E-state index in [9.17, 15) is 0 Å². The van der Waals surface area contributed by atoms with Crippen LogP contribution in [-0.4, -0.2) is 43.3 Å². The van der Waals surface area contributed by atoms with Gasteiger partial charge < -0.3 is 10.2 Å². The van der Waals surface area contributed by atoms with Gasteiger partial charge in [-0.3, -0.25) is 5.43 Å². The molecule has 1 aliphatic heterocycles. The lowest BCUT2D eigenvalue weighted by molar-refractivity contribution is -0.806. The molecule has 0 unspecified atom stereocenters. The standard InChI is InChI=1S/C20H42N2O.H2O/c1-2-3-4-5-6-7-8-9-10-11-12-13-14-15-16-21-22-17-19-23-20-18-22;/h21H,2-20H2,1H3;1H2. The Morgan fingerprint density at radius 1 is 0.667 bits per heavy atom. The number of quaternary nitrogens is 1. The van der Waals surface area contributed by atoms with Crippen molar-refractivity contribution >= 4 is 0 Å². The first kappa shape index (κ1) is 23.8. The van der Waals surface area contributed by atoms with Crippen molar-refractivity contribution < 1.29 is 15.6 Å². The molecule has 1 rings (SSSR count). The second-order valence-corrected chi connectivity index (χ2v) is 7.22. The zero-order valence-electron chi connectivity index (χ0n) is 16.3. The van der Waals surface area contributed by atoms with Gasteiger partial charge in [0.05, 0.1) is 32.8 Å². The molecule has 0 bridgehead atoms. The highest BCUT2D eigenvalue weighted by Crippen LogP contribution is 2.12. The van der Waals surface area contributed by atoms with Crippen molar-refractivity contribution in [1.29, 1.82) is 0 Å². The summed E-state index contributed by atoms with van der Waals surface area (Å²) in [6.07, 6.45) is 20.2. The fourth-order valence-corrected chi connectivity index (χ4v) is 3.37. The van der Waals surface area contributed by atoms with Crippen LogP contribution in [0.15, 0.2) is 0 Å². The molecule has 146 valence electrons. The van der Waals surface area contributed by atoms with Crippen molar-refractivity contribution in [3.8, 4) is 0 Å². The Morgan fingerprint density at radius 3 is 1.54 bits per heavy atom. The van der Waals surface area contributed by atoms with Crippen LogP contribution in [0.3, 0.4) is 0 Å². The average Bonchev–Trinajstić information content (AvgIpc) is 2.59. The fraction of sp³-hybridized carbons (Fsp3) is 1.00. The smallest absolute Gasteiger partial charge is 0.0931 e. The molecular formula is C20H44N2O2. The van der Waals surface area contributed by atoms with Gasteiger partial charge in [0.25, 0.3) is 0 Å². The maximum absolute atomic E-state index is 5.37. The third-order valence-electron chi connectivity index (χ3n) is 4.99. The lowest BCUT2D eigenvalue weighted by Gasteiger charge is -2.23. The first-order valence-corrected chi connectivity index (χ1v) is 10.6. The van der Waals surface area contributed by atoms with E-state index < -0.39 is 0 Å². The lowest BCUT2D eigenvalue weighted by atomic mass is 10.0. The van der Waals surface area contributed by atoms with Gasteiger partial charge in [0.2, 0.25) is 0 Å². The van der Waals surface area contributed by atoms with Crippen LogP contribution < -0.4 is 5.43 Å². The maximum atomic E-state index is 5.37. The van der Waals surface area contributed by atoms with Gasteiger partial charge in [-0.25, -0.2) is 0 Å². The van der Waals surface area contributed by atoms with E-state index in [4.69, 9.17) is 4.74 Å². The molecule has 0 aromatic rings. The number of morpholine rings is 1. The molecule has 0 spiro atoms.